The summed E-state index contributed by atoms with van der Waals surface area (Å²) in [6.07, 6.45) is 3.08. The first-order valence-electron chi connectivity index (χ1n) is 5.49. The average molecular weight is 303 g/mol. The van der Waals surface area contributed by atoms with Gasteiger partial charge in [0.05, 0.1) is 0 Å². The molecular weight excluding hydrogens is 294 g/mol. The molecule has 0 fully saturated rings. The van der Waals surface area contributed by atoms with Crippen molar-refractivity contribution in [1.29, 1.82) is 0 Å². The van der Waals surface area contributed by atoms with E-state index in [1.807, 2.05) is 0 Å². The Balaban J connectivity index is 2.07. The molecule has 20 heavy (non-hydrogen) atoms. The van der Waals surface area contributed by atoms with Crippen LogP contribution in [0.5, 0.6) is 0 Å². The van der Waals surface area contributed by atoms with E-state index in [1.54, 1.807) is 30.3 Å². The van der Waals surface area contributed by atoms with E-state index in [0.29, 0.717) is 5.56 Å². The maximum Gasteiger partial charge on any atom is 0.367 e. The van der Waals surface area contributed by atoms with Crippen LogP contribution < -0.4 is 0 Å². The van der Waals surface area contributed by atoms with E-state index >= 15 is 0 Å². The first kappa shape index (κ1) is 14.6. The fourth-order valence-corrected chi connectivity index (χ4v) is 1.98. The lowest BCUT2D eigenvalue weighted by molar-refractivity contribution is -0.150. The Morgan fingerprint density at radius 3 is 2.65 bits per heavy atom. The van der Waals surface area contributed by atoms with Crippen LogP contribution >= 0.6 is 0 Å². The number of carbonyl (C=O) groups excluding carboxylic acids is 1. The molecule has 1 unspecified atom stereocenters. The number of benzene rings is 1. The summed E-state index contributed by atoms with van der Waals surface area (Å²) in [5.41, 5.74) is 1.32. The number of fused-ring (bicyclic) bond motifs is 1. The zero-order valence-corrected chi connectivity index (χ0v) is 10.8. The highest BCUT2D eigenvalue weighted by Gasteiger charge is 2.40. The maximum atomic E-state index is 12.9. The normalized spacial score (nSPS) is 17.9. The number of ether oxygens (including phenoxy) is 1. The first-order chi connectivity index (χ1) is 9.22. The van der Waals surface area contributed by atoms with E-state index in [2.05, 4.69) is 4.74 Å². The SMILES string of the molecule is O=C(OCC(F)(F)S(=O)(=O)[O-])C1C=Cc2ccccc21. The highest BCUT2D eigenvalue weighted by Crippen LogP contribution is 2.31. The molecular formula is C12H9F2O5S-. The lowest BCUT2D eigenvalue weighted by Crippen LogP contribution is -2.35. The molecule has 0 bridgehead atoms. The molecule has 8 heteroatoms. The van der Waals surface area contributed by atoms with Crippen LogP contribution in [0.3, 0.4) is 0 Å². The summed E-state index contributed by atoms with van der Waals surface area (Å²) in [6, 6.07) is 6.78. The molecule has 1 aliphatic carbocycles. The standard InChI is InChI=1S/C12H10F2O5S/c13-12(14,20(16,17)18)7-19-11(15)10-6-5-8-3-1-2-4-9(8)10/h1-6,10H,7H2,(H,16,17,18)/p-1. The molecule has 0 spiro atoms. The molecule has 1 aromatic carbocycles. The fourth-order valence-electron chi connectivity index (χ4n) is 1.77. The second-order valence-corrected chi connectivity index (χ2v) is 5.67. The van der Waals surface area contributed by atoms with Gasteiger partial charge in [0, 0.05) is 0 Å². The minimum atomic E-state index is -5.86. The lowest BCUT2D eigenvalue weighted by atomic mass is 10.0. The van der Waals surface area contributed by atoms with E-state index in [9.17, 15) is 26.5 Å². The van der Waals surface area contributed by atoms with Gasteiger partial charge in [0.15, 0.2) is 16.7 Å². The zero-order valence-electron chi connectivity index (χ0n) is 9.95. The molecule has 1 atom stereocenters. The lowest BCUT2D eigenvalue weighted by Gasteiger charge is -2.20. The van der Waals surface area contributed by atoms with Crippen molar-refractivity contribution >= 4 is 22.2 Å². The van der Waals surface area contributed by atoms with Gasteiger partial charge in [0.25, 0.3) is 0 Å². The number of rotatable bonds is 4. The highest BCUT2D eigenvalue weighted by atomic mass is 32.2. The van der Waals surface area contributed by atoms with E-state index in [0.717, 1.165) is 5.56 Å². The number of alkyl halides is 2. The topological polar surface area (TPSA) is 83.5 Å². The molecule has 0 amide bonds. The van der Waals surface area contributed by atoms with Gasteiger partial charge in [-0.2, -0.15) is 8.78 Å². The summed E-state index contributed by atoms with van der Waals surface area (Å²) in [6.45, 7) is -1.79. The Morgan fingerprint density at radius 1 is 1.35 bits per heavy atom. The second kappa shape index (κ2) is 4.95. The predicted octanol–water partition coefficient (Wildman–Crippen LogP) is 1.48. The Bertz CT molecular complexity index is 666. The van der Waals surface area contributed by atoms with Gasteiger partial charge >= 0.3 is 11.2 Å². The summed E-state index contributed by atoms with van der Waals surface area (Å²) < 4.78 is 60.8. The number of hydrogen-bond donors (Lipinski definition) is 0. The van der Waals surface area contributed by atoms with Gasteiger partial charge in [0.1, 0.15) is 5.92 Å². The molecule has 0 heterocycles. The van der Waals surface area contributed by atoms with Gasteiger partial charge < -0.3 is 9.29 Å². The zero-order chi connectivity index (χ0) is 15.0. The monoisotopic (exact) mass is 303 g/mol. The second-order valence-electron chi connectivity index (χ2n) is 4.16. The quantitative estimate of drug-likeness (QED) is 0.621. The van der Waals surface area contributed by atoms with Gasteiger partial charge in [-0.25, -0.2) is 8.42 Å². The van der Waals surface area contributed by atoms with E-state index in [4.69, 9.17) is 0 Å². The average Bonchev–Trinajstić information content (AvgIpc) is 2.78. The van der Waals surface area contributed by atoms with Crippen LogP contribution in [0.1, 0.15) is 17.0 Å². The molecule has 0 aromatic heterocycles. The van der Waals surface area contributed by atoms with Gasteiger partial charge in [-0.05, 0) is 11.1 Å². The smallest absolute Gasteiger partial charge is 0.367 e. The van der Waals surface area contributed by atoms with E-state index < -0.39 is 33.9 Å². The molecule has 1 aliphatic rings. The van der Waals surface area contributed by atoms with Crippen molar-refractivity contribution in [3.05, 3.63) is 41.5 Å². The third-order valence-electron chi connectivity index (χ3n) is 2.80. The molecule has 0 saturated heterocycles. The Labute approximate surface area is 113 Å². The van der Waals surface area contributed by atoms with E-state index in [1.165, 1.54) is 6.08 Å². The van der Waals surface area contributed by atoms with Crippen molar-refractivity contribution in [3.63, 3.8) is 0 Å². The molecule has 108 valence electrons. The van der Waals surface area contributed by atoms with Crippen LogP contribution in [0.2, 0.25) is 0 Å². The van der Waals surface area contributed by atoms with Gasteiger partial charge in [-0.3, -0.25) is 4.79 Å². The summed E-state index contributed by atoms with van der Waals surface area (Å²) in [5.74, 6) is -1.91. The molecule has 0 radical (unpaired) electrons. The minimum absolute atomic E-state index is 0.575. The number of hydrogen-bond acceptors (Lipinski definition) is 5. The molecule has 2 rings (SSSR count). The van der Waals surface area contributed by atoms with Gasteiger partial charge in [-0.15, -0.1) is 0 Å². The molecule has 0 N–H and O–H groups in total. The summed E-state index contributed by atoms with van der Waals surface area (Å²) in [7, 11) is -5.86. The van der Waals surface area contributed by atoms with E-state index in [-0.39, 0.29) is 0 Å². The number of halogens is 2. The molecule has 0 aliphatic heterocycles. The molecule has 5 nitrogen and oxygen atoms in total. The van der Waals surface area contributed by atoms with Crippen LogP contribution in [0.25, 0.3) is 6.08 Å². The first-order valence-corrected chi connectivity index (χ1v) is 6.90. The van der Waals surface area contributed by atoms with Crippen LogP contribution in [-0.2, 0) is 19.6 Å². The summed E-state index contributed by atoms with van der Waals surface area (Å²) in [5, 5.41) is -4.63. The van der Waals surface area contributed by atoms with Gasteiger partial charge in [-0.1, -0.05) is 36.4 Å². The Morgan fingerprint density at radius 2 is 2.00 bits per heavy atom. The van der Waals surface area contributed by atoms with Crippen LogP contribution in [0, 0.1) is 0 Å². The molecule has 0 saturated carbocycles. The van der Waals surface area contributed by atoms with Crippen molar-refractivity contribution in [1.82, 2.24) is 0 Å². The van der Waals surface area contributed by atoms with Crippen molar-refractivity contribution in [2.45, 2.75) is 11.2 Å². The number of esters is 1. The maximum absolute atomic E-state index is 12.9. The van der Waals surface area contributed by atoms with Crippen molar-refractivity contribution in [3.8, 4) is 0 Å². The third-order valence-corrected chi connectivity index (χ3v) is 3.65. The fraction of sp³-hybridized carbons (Fsp3) is 0.250. The van der Waals surface area contributed by atoms with Crippen LogP contribution in [0.15, 0.2) is 30.3 Å². The van der Waals surface area contributed by atoms with Crippen LogP contribution in [-0.4, -0.2) is 30.8 Å². The summed E-state index contributed by atoms with van der Waals surface area (Å²) >= 11 is 0. The summed E-state index contributed by atoms with van der Waals surface area (Å²) in [4.78, 5) is 11.7. The Kier molecular flexibility index (Phi) is 3.61. The van der Waals surface area contributed by atoms with Crippen molar-refractivity contribution in [2.24, 2.45) is 0 Å². The third kappa shape index (κ3) is 2.70. The number of carbonyl (C=O) groups is 1. The highest BCUT2D eigenvalue weighted by molar-refractivity contribution is 7.86. The Hall–Kier alpha value is -1.80. The molecule has 1 aromatic rings. The van der Waals surface area contributed by atoms with Crippen molar-refractivity contribution < 1.29 is 31.3 Å². The van der Waals surface area contributed by atoms with Crippen molar-refractivity contribution in [2.75, 3.05) is 6.61 Å². The van der Waals surface area contributed by atoms with Gasteiger partial charge in [0.2, 0.25) is 0 Å². The minimum Gasteiger partial charge on any atom is -0.743 e. The largest absolute Gasteiger partial charge is 0.743 e. The van der Waals surface area contributed by atoms with Crippen LogP contribution in [0.4, 0.5) is 8.78 Å². The predicted molar refractivity (Wildman–Crippen MR) is 63.8 cm³/mol.